The molecule has 0 saturated carbocycles. The van der Waals surface area contributed by atoms with Gasteiger partial charge in [-0.2, -0.15) is 5.10 Å². The molecule has 0 fully saturated rings. The zero-order valence-corrected chi connectivity index (χ0v) is 10.2. The number of benzene rings is 1. The largest absolute Gasteiger partial charge is 0.284 e. The summed E-state index contributed by atoms with van der Waals surface area (Å²) in [6.07, 6.45) is 5.41. The molecule has 0 bridgehead atoms. The molecule has 4 heteroatoms. The number of nitrogens with one attached hydrogen (secondary N) is 1. The molecule has 0 amide bonds. The van der Waals surface area contributed by atoms with Crippen LogP contribution < -0.4 is 0 Å². The molecule has 1 aromatic carbocycles. The minimum Gasteiger partial charge on any atom is -0.284 e. The molecule has 0 spiro atoms. The van der Waals surface area contributed by atoms with Crippen molar-refractivity contribution in [1.82, 2.24) is 15.2 Å². The van der Waals surface area contributed by atoms with Crippen LogP contribution in [0.5, 0.6) is 0 Å². The molecule has 1 N–H and O–H groups in total. The second kappa shape index (κ2) is 4.63. The van der Waals surface area contributed by atoms with E-state index in [9.17, 15) is 0 Å². The van der Waals surface area contributed by atoms with Gasteiger partial charge < -0.3 is 0 Å². The lowest BCUT2D eigenvalue weighted by Crippen LogP contribution is -1.83. The molecule has 3 nitrogen and oxygen atoms in total. The lowest BCUT2D eigenvalue weighted by atomic mass is 10.0. The average molecular weight is 256 g/mol. The van der Waals surface area contributed by atoms with Crippen molar-refractivity contribution in [3.05, 3.63) is 60.0 Å². The molecule has 2 aromatic heterocycles. The molecule has 0 aliphatic rings. The molecular formula is C14H10ClN3. The highest BCUT2D eigenvalue weighted by atomic mass is 35.5. The monoisotopic (exact) mass is 255 g/mol. The van der Waals surface area contributed by atoms with Crippen molar-refractivity contribution in [3.63, 3.8) is 0 Å². The van der Waals surface area contributed by atoms with E-state index >= 15 is 0 Å². The summed E-state index contributed by atoms with van der Waals surface area (Å²) >= 11 is 5.90. The third-order valence-electron chi connectivity index (χ3n) is 2.75. The Kier molecular flexibility index (Phi) is 2.82. The minimum absolute atomic E-state index is 0.729. The van der Waals surface area contributed by atoms with Crippen molar-refractivity contribution in [2.75, 3.05) is 0 Å². The SMILES string of the molecule is Clc1ccc(-c2c[nH]nc2-c2ccncc2)cc1. The number of pyridine rings is 1. The fourth-order valence-corrected chi connectivity index (χ4v) is 2.00. The molecule has 0 saturated heterocycles. The second-order valence-corrected chi connectivity index (χ2v) is 4.33. The maximum Gasteiger partial charge on any atom is 0.1000 e. The van der Waals surface area contributed by atoms with E-state index in [-0.39, 0.29) is 0 Å². The summed E-state index contributed by atoms with van der Waals surface area (Å²) in [7, 11) is 0. The van der Waals surface area contributed by atoms with E-state index < -0.39 is 0 Å². The Hall–Kier alpha value is -2.13. The van der Waals surface area contributed by atoms with Gasteiger partial charge in [-0.15, -0.1) is 0 Å². The quantitative estimate of drug-likeness (QED) is 0.757. The van der Waals surface area contributed by atoms with Crippen LogP contribution in [0.4, 0.5) is 0 Å². The highest BCUT2D eigenvalue weighted by molar-refractivity contribution is 6.30. The lowest BCUT2D eigenvalue weighted by Gasteiger charge is -2.02. The molecule has 3 rings (SSSR count). The zero-order chi connectivity index (χ0) is 12.4. The fraction of sp³-hybridized carbons (Fsp3) is 0. The van der Waals surface area contributed by atoms with Gasteiger partial charge in [-0.1, -0.05) is 23.7 Å². The summed E-state index contributed by atoms with van der Waals surface area (Å²) < 4.78 is 0. The van der Waals surface area contributed by atoms with Gasteiger partial charge in [0.2, 0.25) is 0 Å². The van der Waals surface area contributed by atoms with Gasteiger partial charge in [-0.25, -0.2) is 0 Å². The predicted molar refractivity (Wildman–Crippen MR) is 72.3 cm³/mol. The van der Waals surface area contributed by atoms with Crippen molar-refractivity contribution in [1.29, 1.82) is 0 Å². The van der Waals surface area contributed by atoms with E-state index in [1.54, 1.807) is 12.4 Å². The van der Waals surface area contributed by atoms with Crippen molar-refractivity contribution < 1.29 is 0 Å². The summed E-state index contributed by atoms with van der Waals surface area (Å²) in [4.78, 5) is 4.01. The topological polar surface area (TPSA) is 41.6 Å². The van der Waals surface area contributed by atoms with Crippen molar-refractivity contribution in [2.24, 2.45) is 0 Å². The predicted octanol–water partition coefficient (Wildman–Crippen LogP) is 3.79. The number of aromatic nitrogens is 3. The fourth-order valence-electron chi connectivity index (χ4n) is 1.87. The number of rotatable bonds is 2. The van der Waals surface area contributed by atoms with Crippen LogP contribution in [0.25, 0.3) is 22.4 Å². The summed E-state index contributed by atoms with van der Waals surface area (Å²) in [5.74, 6) is 0. The van der Waals surface area contributed by atoms with Crippen molar-refractivity contribution in [2.45, 2.75) is 0 Å². The van der Waals surface area contributed by atoms with Gasteiger partial charge in [-0.3, -0.25) is 10.1 Å². The number of hydrogen-bond donors (Lipinski definition) is 1. The Morgan fingerprint density at radius 2 is 1.61 bits per heavy atom. The summed E-state index contributed by atoms with van der Waals surface area (Å²) in [5, 5.41) is 7.94. The van der Waals surface area contributed by atoms with Crippen LogP contribution in [0.3, 0.4) is 0 Å². The standard InChI is InChI=1S/C14H10ClN3/c15-12-3-1-10(2-4-12)13-9-17-18-14(13)11-5-7-16-8-6-11/h1-9H,(H,17,18). The number of aromatic amines is 1. The molecular weight excluding hydrogens is 246 g/mol. The Balaban J connectivity index is 2.10. The van der Waals surface area contributed by atoms with Crippen LogP contribution >= 0.6 is 11.6 Å². The highest BCUT2D eigenvalue weighted by Gasteiger charge is 2.09. The van der Waals surface area contributed by atoms with Gasteiger partial charge in [0.15, 0.2) is 0 Å². The average Bonchev–Trinajstić information content (AvgIpc) is 2.90. The third kappa shape index (κ3) is 2.00. The third-order valence-corrected chi connectivity index (χ3v) is 3.00. The zero-order valence-electron chi connectivity index (χ0n) is 9.47. The Bertz CT molecular complexity index is 644. The Morgan fingerprint density at radius 3 is 2.33 bits per heavy atom. The maximum atomic E-state index is 5.90. The van der Waals surface area contributed by atoms with Crippen LogP contribution in [0.2, 0.25) is 5.02 Å². The van der Waals surface area contributed by atoms with Crippen LogP contribution in [0.15, 0.2) is 55.0 Å². The molecule has 3 aromatic rings. The van der Waals surface area contributed by atoms with Gasteiger partial charge in [0.1, 0.15) is 0 Å². The van der Waals surface area contributed by atoms with Crippen molar-refractivity contribution in [3.8, 4) is 22.4 Å². The van der Waals surface area contributed by atoms with Gasteiger partial charge in [0, 0.05) is 34.7 Å². The first-order valence-corrected chi connectivity index (χ1v) is 5.92. The number of hydrogen-bond acceptors (Lipinski definition) is 2. The summed E-state index contributed by atoms with van der Waals surface area (Å²) in [5.41, 5.74) is 4.09. The van der Waals surface area contributed by atoms with Crippen LogP contribution in [-0.2, 0) is 0 Å². The molecule has 0 radical (unpaired) electrons. The molecule has 18 heavy (non-hydrogen) atoms. The number of nitrogens with zero attached hydrogens (tertiary/aromatic N) is 2. The van der Waals surface area contributed by atoms with Crippen LogP contribution in [0.1, 0.15) is 0 Å². The van der Waals surface area contributed by atoms with E-state index in [0.717, 1.165) is 27.4 Å². The molecule has 88 valence electrons. The summed E-state index contributed by atoms with van der Waals surface area (Å²) in [6.45, 7) is 0. The van der Waals surface area contributed by atoms with E-state index in [2.05, 4.69) is 15.2 Å². The normalized spacial score (nSPS) is 10.5. The smallest absolute Gasteiger partial charge is 0.1000 e. The van der Waals surface area contributed by atoms with Crippen molar-refractivity contribution >= 4 is 11.6 Å². The van der Waals surface area contributed by atoms with Gasteiger partial charge in [0.25, 0.3) is 0 Å². The molecule has 2 heterocycles. The summed E-state index contributed by atoms with van der Waals surface area (Å²) in [6, 6.07) is 11.6. The first-order chi connectivity index (χ1) is 8.84. The molecule has 0 unspecified atom stereocenters. The first-order valence-electron chi connectivity index (χ1n) is 5.55. The van der Waals surface area contributed by atoms with Gasteiger partial charge in [0.05, 0.1) is 5.69 Å². The molecule has 0 atom stereocenters. The van der Waals surface area contributed by atoms with E-state index in [4.69, 9.17) is 11.6 Å². The van der Waals surface area contributed by atoms with E-state index in [1.807, 2.05) is 42.6 Å². The molecule has 0 aliphatic carbocycles. The van der Waals surface area contributed by atoms with Gasteiger partial charge in [-0.05, 0) is 29.8 Å². The maximum absolute atomic E-state index is 5.90. The molecule has 0 aliphatic heterocycles. The van der Waals surface area contributed by atoms with E-state index in [1.165, 1.54) is 0 Å². The minimum atomic E-state index is 0.729. The van der Waals surface area contributed by atoms with E-state index in [0.29, 0.717) is 0 Å². The Morgan fingerprint density at radius 1 is 0.889 bits per heavy atom. The van der Waals surface area contributed by atoms with Gasteiger partial charge >= 0.3 is 0 Å². The van der Waals surface area contributed by atoms with Crippen LogP contribution in [-0.4, -0.2) is 15.2 Å². The number of H-pyrrole nitrogens is 1. The van der Waals surface area contributed by atoms with Crippen LogP contribution in [0, 0.1) is 0 Å². The lowest BCUT2D eigenvalue weighted by molar-refractivity contribution is 1.09. The second-order valence-electron chi connectivity index (χ2n) is 3.89. The Labute approximate surface area is 109 Å². The highest BCUT2D eigenvalue weighted by Crippen LogP contribution is 2.30. The number of halogens is 1. The first kappa shape index (κ1) is 11.0.